The molecule has 3 aliphatic rings. The summed E-state index contributed by atoms with van der Waals surface area (Å²) >= 11 is 0. The maximum absolute atomic E-state index is 12.5. The Labute approximate surface area is 145 Å². The number of rotatable bonds is 4. The fraction of sp³-hybridized carbons (Fsp3) is 0.650. The first-order valence-corrected chi connectivity index (χ1v) is 9.10. The van der Waals surface area contributed by atoms with E-state index in [1.807, 2.05) is 6.07 Å². The molecule has 0 spiro atoms. The van der Waals surface area contributed by atoms with E-state index in [1.165, 1.54) is 50.5 Å². The van der Waals surface area contributed by atoms with Gasteiger partial charge in [-0.3, -0.25) is 4.79 Å². The lowest BCUT2D eigenvalue weighted by molar-refractivity contribution is -0.125. The second-order valence-corrected chi connectivity index (χ2v) is 7.82. The molecule has 0 saturated heterocycles. The number of carbonyl (C=O) groups excluding carboxylic acids is 1. The molecule has 1 N–H and O–H groups in total. The van der Waals surface area contributed by atoms with E-state index in [9.17, 15) is 4.79 Å². The minimum Gasteiger partial charge on any atom is -0.350 e. The third kappa shape index (κ3) is 3.28. The molecule has 4 bridgehead atoms. The summed E-state index contributed by atoms with van der Waals surface area (Å²) in [5, 5.41) is 3.52. The van der Waals surface area contributed by atoms with Crippen molar-refractivity contribution in [2.75, 3.05) is 0 Å². The van der Waals surface area contributed by atoms with Crippen LogP contribution in [0.5, 0.6) is 0 Å². The van der Waals surface area contributed by atoms with Gasteiger partial charge in [0, 0.05) is 12.0 Å². The number of carbonyl (C=O) groups is 1. The van der Waals surface area contributed by atoms with Crippen LogP contribution in [0.4, 0.5) is 0 Å². The summed E-state index contributed by atoms with van der Waals surface area (Å²) in [5.74, 6) is 2.89. The van der Waals surface area contributed by atoms with Gasteiger partial charge in [-0.1, -0.05) is 43.2 Å². The topological polar surface area (TPSA) is 29.1 Å². The predicted molar refractivity (Wildman–Crippen MR) is 95.7 cm³/mol. The van der Waals surface area contributed by atoms with Crippen LogP contribution in [0.2, 0.25) is 0 Å². The standard InChI is InChI=1S/C20H27NO.ClH/c22-19(11-8-15-5-2-1-3-6-15)21-20-12-4-7-17(14-20)16-9-10-18(20)13-16;/h1-3,5-6,16-18H,4,7-14H2,(H,21,22);1H. The van der Waals surface area contributed by atoms with Gasteiger partial charge in [0.1, 0.15) is 0 Å². The van der Waals surface area contributed by atoms with Gasteiger partial charge in [-0.05, 0) is 61.8 Å². The monoisotopic (exact) mass is 333 g/mol. The van der Waals surface area contributed by atoms with E-state index in [-0.39, 0.29) is 23.9 Å². The van der Waals surface area contributed by atoms with Gasteiger partial charge in [-0.25, -0.2) is 0 Å². The smallest absolute Gasteiger partial charge is 0.220 e. The summed E-state index contributed by atoms with van der Waals surface area (Å²) in [6, 6.07) is 10.4. The van der Waals surface area contributed by atoms with E-state index in [1.54, 1.807) is 0 Å². The van der Waals surface area contributed by atoms with Gasteiger partial charge in [-0.15, -0.1) is 12.4 Å². The van der Waals surface area contributed by atoms with Crippen LogP contribution in [0.25, 0.3) is 0 Å². The van der Waals surface area contributed by atoms with Crippen molar-refractivity contribution in [3.8, 4) is 0 Å². The second-order valence-electron chi connectivity index (χ2n) is 7.82. The number of benzene rings is 1. The van der Waals surface area contributed by atoms with E-state index in [0.29, 0.717) is 6.42 Å². The Bertz CT molecular complexity index is 546. The quantitative estimate of drug-likeness (QED) is 0.862. The molecule has 3 fully saturated rings. The summed E-state index contributed by atoms with van der Waals surface area (Å²) in [5.41, 5.74) is 1.42. The molecular weight excluding hydrogens is 306 g/mol. The van der Waals surface area contributed by atoms with E-state index >= 15 is 0 Å². The van der Waals surface area contributed by atoms with Gasteiger partial charge in [0.2, 0.25) is 5.91 Å². The van der Waals surface area contributed by atoms with Crippen LogP contribution in [0.15, 0.2) is 30.3 Å². The third-order valence-corrected chi connectivity index (χ3v) is 6.62. The Morgan fingerprint density at radius 3 is 2.78 bits per heavy atom. The van der Waals surface area contributed by atoms with Gasteiger partial charge in [0.05, 0.1) is 0 Å². The lowest BCUT2D eigenvalue weighted by atomic mass is 9.61. The first-order chi connectivity index (χ1) is 10.8. The van der Waals surface area contributed by atoms with Gasteiger partial charge in [0.15, 0.2) is 0 Å². The average molecular weight is 334 g/mol. The van der Waals surface area contributed by atoms with Crippen molar-refractivity contribution < 1.29 is 4.79 Å². The summed E-state index contributed by atoms with van der Waals surface area (Å²) in [4.78, 5) is 12.5. The van der Waals surface area contributed by atoms with Crippen LogP contribution < -0.4 is 5.32 Å². The molecular formula is C20H28ClNO. The van der Waals surface area contributed by atoms with Crippen molar-refractivity contribution >= 4 is 18.3 Å². The highest BCUT2D eigenvalue weighted by molar-refractivity contribution is 5.85. The lowest BCUT2D eigenvalue weighted by Gasteiger charge is -2.50. The fourth-order valence-electron chi connectivity index (χ4n) is 5.53. The van der Waals surface area contributed by atoms with Crippen molar-refractivity contribution in [2.24, 2.45) is 17.8 Å². The molecule has 1 aromatic rings. The minimum absolute atomic E-state index is 0. The fourth-order valence-corrected chi connectivity index (χ4v) is 5.53. The molecule has 3 saturated carbocycles. The molecule has 0 aromatic heterocycles. The summed E-state index contributed by atoms with van der Waals surface area (Å²) in [7, 11) is 0. The van der Waals surface area contributed by atoms with Gasteiger partial charge >= 0.3 is 0 Å². The van der Waals surface area contributed by atoms with E-state index < -0.39 is 0 Å². The molecule has 4 atom stereocenters. The number of fused-ring (bicyclic) bond motifs is 6. The third-order valence-electron chi connectivity index (χ3n) is 6.62. The summed E-state index contributed by atoms with van der Waals surface area (Å²) < 4.78 is 0. The number of hydrogen-bond acceptors (Lipinski definition) is 1. The highest BCUT2D eigenvalue weighted by atomic mass is 35.5. The molecule has 0 radical (unpaired) electrons. The molecule has 3 aliphatic carbocycles. The van der Waals surface area contributed by atoms with Gasteiger partial charge in [0.25, 0.3) is 0 Å². The number of halogens is 1. The van der Waals surface area contributed by atoms with Crippen LogP contribution in [0.1, 0.15) is 56.9 Å². The first-order valence-electron chi connectivity index (χ1n) is 9.10. The largest absolute Gasteiger partial charge is 0.350 e. The Hall–Kier alpha value is -1.02. The Balaban J connectivity index is 0.00000156. The van der Waals surface area contributed by atoms with Gasteiger partial charge in [-0.2, -0.15) is 0 Å². The molecule has 3 heteroatoms. The van der Waals surface area contributed by atoms with Crippen LogP contribution in [-0.4, -0.2) is 11.4 Å². The SMILES string of the molecule is Cl.O=C(CCc1ccccc1)NC12CCCC(C1)C1CCC2C1. The van der Waals surface area contributed by atoms with Crippen molar-refractivity contribution in [3.63, 3.8) is 0 Å². The van der Waals surface area contributed by atoms with Crippen molar-refractivity contribution in [1.82, 2.24) is 5.32 Å². The van der Waals surface area contributed by atoms with Crippen LogP contribution >= 0.6 is 12.4 Å². The van der Waals surface area contributed by atoms with Crippen LogP contribution in [0, 0.1) is 17.8 Å². The van der Waals surface area contributed by atoms with Crippen molar-refractivity contribution in [1.29, 1.82) is 0 Å². The molecule has 1 aromatic carbocycles. The number of amides is 1. The van der Waals surface area contributed by atoms with Gasteiger partial charge < -0.3 is 5.32 Å². The molecule has 0 heterocycles. The Kier molecular flexibility index (Phi) is 5.01. The summed E-state index contributed by atoms with van der Waals surface area (Å²) in [6.07, 6.45) is 10.8. The van der Waals surface area contributed by atoms with Crippen molar-refractivity contribution in [2.45, 2.75) is 63.3 Å². The molecule has 1 amide bonds. The normalized spacial score (nSPS) is 34.5. The zero-order chi connectivity index (χ0) is 15.0. The zero-order valence-corrected chi connectivity index (χ0v) is 14.6. The maximum Gasteiger partial charge on any atom is 0.220 e. The van der Waals surface area contributed by atoms with E-state index in [2.05, 4.69) is 29.6 Å². The maximum atomic E-state index is 12.5. The molecule has 0 aliphatic heterocycles. The number of hydrogen-bond donors (Lipinski definition) is 1. The summed E-state index contributed by atoms with van der Waals surface area (Å²) in [6.45, 7) is 0. The molecule has 126 valence electrons. The lowest BCUT2D eigenvalue weighted by Crippen LogP contribution is -2.58. The van der Waals surface area contributed by atoms with Crippen molar-refractivity contribution in [3.05, 3.63) is 35.9 Å². The van der Waals surface area contributed by atoms with E-state index in [4.69, 9.17) is 0 Å². The van der Waals surface area contributed by atoms with Crippen LogP contribution in [-0.2, 0) is 11.2 Å². The zero-order valence-electron chi connectivity index (χ0n) is 13.8. The first kappa shape index (κ1) is 16.8. The highest BCUT2D eigenvalue weighted by Crippen LogP contribution is 2.56. The minimum atomic E-state index is 0. The predicted octanol–water partition coefficient (Wildman–Crippen LogP) is 4.52. The van der Waals surface area contributed by atoms with Crippen LogP contribution in [0.3, 0.4) is 0 Å². The molecule has 4 rings (SSSR count). The number of nitrogens with one attached hydrogen (secondary N) is 1. The second kappa shape index (κ2) is 6.84. The molecule has 2 nitrogen and oxygen atoms in total. The Morgan fingerprint density at radius 2 is 1.96 bits per heavy atom. The average Bonchev–Trinajstić information content (AvgIpc) is 3.01. The molecule has 4 unspecified atom stereocenters. The van der Waals surface area contributed by atoms with E-state index in [0.717, 1.165) is 24.2 Å². The highest BCUT2D eigenvalue weighted by Gasteiger charge is 2.52. The number of aryl methyl sites for hydroxylation is 1. The Morgan fingerprint density at radius 1 is 1.13 bits per heavy atom. The molecule has 23 heavy (non-hydrogen) atoms.